The fourth-order valence-electron chi connectivity index (χ4n) is 2.09. The molecule has 0 N–H and O–H groups in total. The van der Waals surface area contributed by atoms with Crippen LogP contribution in [0.2, 0.25) is 0 Å². The highest BCUT2D eigenvalue weighted by Crippen LogP contribution is 2.07. The maximum atomic E-state index is 12.6. The van der Waals surface area contributed by atoms with Gasteiger partial charge in [-0.05, 0) is 69.6 Å². The van der Waals surface area contributed by atoms with Crippen molar-refractivity contribution in [2.75, 3.05) is 0 Å². The Morgan fingerprint density at radius 1 is 0.538 bits per heavy atom. The summed E-state index contributed by atoms with van der Waals surface area (Å²) in [4.78, 5) is 0. The zero-order valence-corrected chi connectivity index (χ0v) is 17.9. The van der Waals surface area contributed by atoms with E-state index in [0.717, 1.165) is 5.56 Å². The molecular weight excluding hydrogens is 338 g/mol. The summed E-state index contributed by atoms with van der Waals surface area (Å²) in [5, 5.41) is 1.30. The summed E-state index contributed by atoms with van der Waals surface area (Å²) in [5.74, 6) is -0.116. The highest BCUT2D eigenvalue weighted by Gasteiger charge is 1.93. The van der Waals surface area contributed by atoms with Gasteiger partial charge in [-0.3, -0.25) is 0 Å². The van der Waals surface area contributed by atoms with E-state index in [2.05, 4.69) is 79.4 Å². The molecule has 0 heterocycles. The van der Waals surface area contributed by atoms with Gasteiger partial charge in [0.25, 0.3) is 0 Å². The van der Waals surface area contributed by atoms with E-state index in [1.165, 1.54) is 33.6 Å². The smallest absolute Gasteiger partial charge is 0.126 e. The Kier molecular flexibility index (Phi) is 9.24. The number of hydrogen-bond acceptors (Lipinski definition) is 0. The van der Waals surface area contributed by atoms with Crippen LogP contribution in [-0.2, 0) is 0 Å². The Balaban J connectivity index is 0.000000195. The normalized spacial score (nSPS) is 9.54. The van der Waals surface area contributed by atoms with Crippen LogP contribution in [0.5, 0.6) is 0 Å². The topological polar surface area (TPSA) is 0 Å². The van der Waals surface area contributed by atoms with Gasteiger partial charge >= 0.3 is 0 Å². The third kappa shape index (κ3) is 8.41. The van der Waals surface area contributed by atoms with E-state index >= 15 is 0 Å². The molecule has 0 aliphatic carbocycles. The Morgan fingerprint density at radius 3 is 1.27 bits per heavy atom. The molecule has 0 spiro atoms. The average molecular weight is 368 g/mol. The molecule has 3 aromatic rings. The molecule has 138 valence electrons. The van der Waals surface area contributed by atoms with Crippen LogP contribution in [0, 0.1) is 47.4 Å². The van der Waals surface area contributed by atoms with E-state index in [-0.39, 0.29) is 5.82 Å². The molecule has 0 aliphatic heterocycles. The summed E-state index contributed by atoms with van der Waals surface area (Å²) in [5.41, 5.74) is 7.00. The molecule has 1 unspecified atom stereocenters. The zero-order valence-electron chi connectivity index (χ0n) is 16.7. The SMILES string of the molecule is Cc1ccc(C)c(F)c1.Cc1ccc(C)c(P)c1.Cc1ccc(C)cc1. The Labute approximate surface area is 160 Å². The predicted octanol–water partition coefficient (Wildman–Crippen LogP) is 6.55. The number of benzene rings is 3. The fourth-order valence-corrected chi connectivity index (χ4v) is 2.45. The van der Waals surface area contributed by atoms with E-state index in [9.17, 15) is 4.39 Å². The minimum absolute atomic E-state index is 0.116. The van der Waals surface area contributed by atoms with Crippen molar-refractivity contribution in [3.8, 4) is 0 Å². The molecule has 26 heavy (non-hydrogen) atoms. The van der Waals surface area contributed by atoms with Crippen LogP contribution >= 0.6 is 9.24 Å². The lowest BCUT2D eigenvalue weighted by molar-refractivity contribution is 0.617. The first-order valence-electron chi connectivity index (χ1n) is 8.78. The lowest BCUT2D eigenvalue weighted by Crippen LogP contribution is -1.95. The molecule has 0 amide bonds. The van der Waals surface area contributed by atoms with Gasteiger partial charge in [0.2, 0.25) is 0 Å². The molecule has 3 aromatic carbocycles. The highest BCUT2D eigenvalue weighted by atomic mass is 31.0. The van der Waals surface area contributed by atoms with Gasteiger partial charge in [-0.2, -0.15) is 0 Å². The molecule has 0 aliphatic rings. The summed E-state index contributed by atoms with van der Waals surface area (Å²) in [6.45, 7) is 12.0. The summed E-state index contributed by atoms with van der Waals surface area (Å²) >= 11 is 0. The van der Waals surface area contributed by atoms with Crippen molar-refractivity contribution in [2.24, 2.45) is 0 Å². The summed E-state index contributed by atoms with van der Waals surface area (Å²) in [6, 6.07) is 20.1. The van der Waals surface area contributed by atoms with E-state index in [1.807, 2.05) is 13.0 Å². The number of halogens is 1. The van der Waals surface area contributed by atoms with Crippen LogP contribution < -0.4 is 5.30 Å². The predicted molar refractivity (Wildman–Crippen MR) is 117 cm³/mol. The lowest BCUT2D eigenvalue weighted by atomic mass is 10.2. The Morgan fingerprint density at radius 2 is 0.923 bits per heavy atom. The minimum atomic E-state index is -0.116. The molecule has 3 rings (SSSR count). The molecule has 0 fully saturated rings. The summed E-state index contributed by atoms with van der Waals surface area (Å²) < 4.78 is 12.6. The van der Waals surface area contributed by atoms with Crippen molar-refractivity contribution in [3.05, 3.63) is 99.9 Å². The van der Waals surface area contributed by atoms with Crippen molar-refractivity contribution < 1.29 is 4.39 Å². The number of aryl methyl sites for hydroxylation is 6. The first kappa shape index (κ1) is 22.1. The second-order valence-corrected chi connectivity index (χ2v) is 7.39. The summed E-state index contributed by atoms with van der Waals surface area (Å²) in [7, 11) is 2.72. The molecule has 2 heteroatoms. The zero-order chi connectivity index (χ0) is 19.7. The van der Waals surface area contributed by atoms with E-state index < -0.39 is 0 Å². The van der Waals surface area contributed by atoms with E-state index in [0.29, 0.717) is 5.56 Å². The van der Waals surface area contributed by atoms with Crippen LogP contribution in [0.25, 0.3) is 0 Å². The van der Waals surface area contributed by atoms with Crippen LogP contribution in [0.15, 0.2) is 60.7 Å². The van der Waals surface area contributed by atoms with Gasteiger partial charge in [0.1, 0.15) is 5.82 Å². The third-order valence-electron chi connectivity index (χ3n) is 3.98. The fraction of sp³-hybridized carbons (Fsp3) is 0.250. The molecule has 0 aromatic heterocycles. The van der Waals surface area contributed by atoms with E-state index in [4.69, 9.17) is 0 Å². The molecule has 0 bridgehead atoms. The van der Waals surface area contributed by atoms with Gasteiger partial charge in [0.05, 0.1) is 0 Å². The molecule has 1 atom stereocenters. The molecule has 0 saturated heterocycles. The largest absolute Gasteiger partial charge is 0.207 e. The first-order chi connectivity index (χ1) is 12.2. The number of rotatable bonds is 0. The molecule has 0 saturated carbocycles. The maximum Gasteiger partial charge on any atom is 0.126 e. The molecular formula is C24H30FP. The van der Waals surface area contributed by atoms with Crippen LogP contribution in [0.3, 0.4) is 0 Å². The second kappa shape index (κ2) is 10.9. The average Bonchev–Trinajstić information content (AvgIpc) is 2.59. The lowest BCUT2D eigenvalue weighted by Gasteiger charge is -1.98. The first-order valence-corrected chi connectivity index (χ1v) is 9.35. The molecule has 0 nitrogen and oxygen atoms in total. The van der Waals surface area contributed by atoms with Gasteiger partial charge in [-0.15, -0.1) is 9.24 Å². The standard InChI is InChI=1S/C8H9F.C8H11P.C8H10/c2*1-6-3-4-7(2)8(9)5-6;1-7-3-5-8(2)6-4-7/h3-5H,1-2H3;3-5H,9H2,1-2H3;3-6H,1-2H3. The Bertz CT molecular complexity index is 750. The molecule has 0 radical (unpaired) electrons. The van der Waals surface area contributed by atoms with Gasteiger partial charge in [0.15, 0.2) is 0 Å². The van der Waals surface area contributed by atoms with Gasteiger partial charge in [-0.1, -0.05) is 71.3 Å². The van der Waals surface area contributed by atoms with Crippen molar-refractivity contribution in [3.63, 3.8) is 0 Å². The third-order valence-corrected chi connectivity index (χ3v) is 4.60. The van der Waals surface area contributed by atoms with Gasteiger partial charge in [0, 0.05) is 0 Å². The van der Waals surface area contributed by atoms with Crippen LogP contribution in [-0.4, -0.2) is 0 Å². The van der Waals surface area contributed by atoms with Crippen molar-refractivity contribution in [1.82, 2.24) is 0 Å². The Hall–Kier alpha value is -1.98. The van der Waals surface area contributed by atoms with Gasteiger partial charge in [-0.25, -0.2) is 4.39 Å². The van der Waals surface area contributed by atoms with Gasteiger partial charge < -0.3 is 0 Å². The monoisotopic (exact) mass is 368 g/mol. The maximum absolute atomic E-state index is 12.6. The van der Waals surface area contributed by atoms with E-state index in [1.54, 1.807) is 13.0 Å². The second-order valence-electron chi connectivity index (χ2n) is 6.77. The summed E-state index contributed by atoms with van der Waals surface area (Å²) in [6.07, 6.45) is 0. The van der Waals surface area contributed by atoms with Crippen molar-refractivity contribution in [2.45, 2.75) is 41.5 Å². The van der Waals surface area contributed by atoms with Crippen LogP contribution in [0.1, 0.15) is 33.4 Å². The highest BCUT2D eigenvalue weighted by molar-refractivity contribution is 7.27. The van der Waals surface area contributed by atoms with Crippen LogP contribution in [0.4, 0.5) is 4.39 Å². The minimum Gasteiger partial charge on any atom is -0.207 e. The number of hydrogen-bond donors (Lipinski definition) is 0. The van der Waals surface area contributed by atoms with Crippen molar-refractivity contribution in [1.29, 1.82) is 0 Å². The van der Waals surface area contributed by atoms with Crippen molar-refractivity contribution >= 4 is 14.5 Å². The quantitative estimate of drug-likeness (QED) is 0.395.